The van der Waals surface area contributed by atoms with Crippen LogP contribution in [0.5, 0.6) is 0 Å². The van der Waals surface area contributed by atoms with E-state index in [1.54, 1.807) is 7.05 Å². The minimum absolute atomic E-state index is 0.0431. The van der Waals surface area contributed by atoms with Gasteiger partial charge in [-0.3, -0.25) is 4.79 Å². The predicted octanol–water partition coefficient (Wildman–Crippen LogP) is 0.921. The van der Waals surface area contributed by atoms with Gasteiger partial charge in [-0.2, -0.15) is 0 Å². The average molecular weight is 173 g/mol. The molecule has 0 bridgehead atoms. The van der Waals surface area contributed by atoms with E-state index in [1.165, 1.54) is 0 Å². The lowest BCUT2D eigenvalue weighted by Gasteiger charge is -2.28. The van der Waals surface area contributed by atoms with Crippen molar-refractivity contribution in [1.82, 2.24) is 5.32 Å². The first kappa shape index (κ1) is 11.4. The molecule has 72 valence electrons. The number of amides is 1. The minimum Gasteiger partial charge on any atom is -0.396 e. The van der Waals surface area contributed by atoms with Crippen molar-refractivity contribution >= 4 is 5.91 Å². The van der Waals surface area contributed by atoms with E-state index in [9.17, 15) is 4.79 Å². The highest BCUT2D eigenvalue weighted by molar-refractivity contribution is 5.82. The Morgan fingerprint density at radius 2 is 1.92 bits per heavy atom. The maximum absolute atomic E-state index is 11.5. The lowest BCUT2D eigenvalue weighted by Crippen LogP contribution is -2.39. The van der Waals surface area contributed by atoms with E-state index in [-0.39, 0.29) is 17.9 Å². The van der Waals surface area contributed by atoms with Crippen LogP contribution in [0.1, 0.15) is 33.1 Å². The molecule has 0 aromatic rings. The van der Waals surface area contributed by atoms with Gasteiger partial charge in [-0.1, -0.05) is 13.8 Å². The number of hydrogen-bond acceptors (Lipinski definition) is 2. The molecule has 0 spiro atoms. The van der Waals surface area contributed by atoms with E-state index in [0.29, 0.717) is 6.42 Å². The molecule has 0 rings (SSSR count). The van der Waals surface area contributed by atoms with Gasteiger partial charge >= 0.3 is 0 Å². The van der Waals surface area contributed by atoms with Crippen molar-refractivity contribution in [2.75, 3.05) is 13.7 Å². The lowest BCUT2D eigenvalue weighted by molar-refractivity contribution is -0.132. The number of carbonyl (C=O) groups excluding carboxylic acids is 1. The van der Waals surface area contributed by atoms with Crippen LogP contribution in [-0.4, -0.2) is 24.7 Å². The average Bonchev–Trinajstić information content (AvgIpc) is 2.13. The van der Waals surface area contributed by atoms with Gasteiger partial charge in [0.05, 0.1) is 5.41 Å². The second kappa shape index (κ2) is 5.14. The van der Waals surface area contributed by atoms with E-state index in [2.05, 4.69) is 5.32 Å². The zero-order valence-corrected chi connectivity index (χ0v) is 8.18. The first-order valence-electron chi connectivity index (χ1n) is 4.50. The first-order chi connectivity index (χ1) is 5.66. The van der Waals surface area contributed by atoms with Crippen LogP contribution in [0.25, 0.3) is 0 Å². The quantitative estimate of drug-likeness (QED) is 0.649. The van der Waals surface area contributed by atoms with Gasteiger partial charge in [0.1, 0.15) is 0 Å². The summed E-state index contributed by atoms with van der Waals surface area (Å²) in [7, 11) is 1.64. The molecule has 0 atom stereocenters. The second-order valence-electron chi connectivity index (χ2n) is 3.04. The molecular weight excluding hydrogens is 154 g/mol. The summed E-state index contributed by atoms with van der Waals surface area (Å²) in [5.41, 5.74) is -0.358. The van der Waals surface area contributed by atoms with Crippen LogP contribution in [0.4, 0.5) is 0 Å². The summed E-state index contributed by atoms with van der Waals surface area (Å²) in [6.45, 7) is 4.04. The standard InChI is InChI=1S/C9H19NO2/c1-4-9(5-2,6-7-11)8(12)10-3/h11H,4-7H2,1-3H3,(H,10,12). The number of carbonyl (C=O) groups is 1. The van der Waals surface area contributed by atoms with Gasteiger partial charge in [-0.25, -0.2) is 0 Å². The fourth-order valence-corrected chi connectivity index (χ4v) is 1.52. The molecule has 0 unspecified atom stereocenters. The second-order valence-corrected chi connectivity index (χ2v) is 3.04. The lowest BCUT2D eigenvalue weighted by atomic mass is 9.78. The Balaban J connectivity index is 4.44. The number of rotatable bonds is 5. The predicted molar refractivity (Wildman–Crippen MR) is 48.8 cm³/mol. The highest BCUT2D eigenvalue weighted by Crippen LogP contribution is 2.30. The Morgan fingerprint density at radius 3 is 2.17 bits per heavy atom. The molecule has 0 aliphatic carbocycles. The Labute approximate surface area is 74.2 Å². The van der Waals surface area contributed by atoms with Crippen LogP contribution in [0.15, 0.2) is 0 Å². The Morgan fingerprint density at radius 1 is 1.42 bits per heavy atom. The summed E-state index contributed by atoms with van der Waals surface area (Å²) < 4.78 is 0. The molecule has 0 saturated carbocycles. The molecule has 0 aliphatic heterocycles. The SMILES string of the molecule is CCC(CC)(CCO)C(=O)NC. The maximum Gasteiger partial charge on any atom is 0.226 e. The van der Waals surface area contributed by atoms with Crippen molar-refractivity contribution in [3.05, 3.63) is 0 Å². The molecule has 0 aromatic heterocycles. The van der Waals surface area contributed by atoms with E-state index in [1.807, 2.05) is 13.8 Å². The Kier molecular flexibility index (Phi) is 4.90. The summed E-state index contributed by atoms with van der Waals surface area (Å²) in [5, 5.41) is 11.5. The Bertz CT molecular complexity index is 141. The van der Waals surface area contributed by atoms with E-state index in [0.717, 1.165) is 12.8 Å². The summed E-state index contributed by atoms with van der Waals surface area (Å²) in [5.74, 6) is 0.0431. The van der Waals surface area contributed by atoms with E-state index < -0.39 is 0 Å². The zero-order chi connectivity index (χ0) is 9.61. The third-order valence-electron chi connectivity index (χ3n) is 2.65. The molecule has 0 aliphatic rings. The molecule has 0 saturated heterocycles. The third-order valence-corrected chi connectivity index (χ3v) is 2.65. The topological polar surface area (TPSA) is 49.3 Å². The van der Waals surface area contributed by atoms with Gasteiger partial charge in [-0.15, -0.1) is 0 Å². The van der Waals surface area contributed by atoms with Crippen molar-refractivity contribution < 1.29 is 9.90 Å². The van der Waals surface area contributed by atoms with Crippen LogP contribution in [-0.2, 0) is 4.79 Å². The molecule has 1 amide bonds. The largest absolute Gasteiger partial charge is 0.396 e. The molecule has 0 aromatic carbocycles. The molecule has 0 heterocycles. The molecule has 0 radical (unpaired) electrons. The normalized spacial score (nSPS) is 11.3. The summed E-state index contributed by atoms with van der Waals surface area (Å²) in [4.78, 5) is 11.5. The van der Waals surface area contributed by atoms with Crippen molar-refractivity contribution in [1.29, 1.82) is 0 Å². The first-order valence-corrected chi connectivity index (χ1v) is 4.50. The highest BCUT2D eigenvalue weighted by Gasteiger charge is 2.32. The molecular formula is C9H19NO2. The fourth-order valence-electron chi connectivity index (χ4n) is 1.52. The van der Waals surface area contributed by atoms with Crippen LogP contribution < -0.4 is 5.32 Å². The molecule has 3 heteroatoms. The maximum atomic E-state index is 11.5. The minimum atomic E-state index is -0.358. The van der Waals surface area contributed by atoms with E-state index in [4.69, 9.17) is 5.11 Å². The van der Waals surface area contributed by atoms with Crippen molar-refractivity contribution in [2.24, 2.45) is 5.41 Å². The highest BCUT2D eigenvalue weighted by atomic mass is 16.3. The third kappa shape index (κ3) is 2.21. The van der Waals surface area contributed by atoms with Crippen LogP contribution >= 0.6 is 0 Å². The number of hydrogen-bond donors (Lipinski definition) is 2. The molecule has 3 nitrogen and oxygen atoms in total. The number of nitrogens with one attached hydrogen (secondary N) is 1. The van der Waals surface area contributed by atoms with E-state index >= 15 is 0 Å². The molecule has 0 fully saturated rings. The van der Waals surface area contributed by atoms with Gasteiger partial charge in [0, 0.05) is 13.7 Å². The fraction of sp³-hybridized carbons (Fsp3) is 0.889. The van der Waals surface area contributed by atoms with Gasteiger partial charge in [0.2, 0.25) is 5.91 Å². The molecule has 12 heavy (non-hydrogen) atoms. The summed E-state index contributed by atoms with van der Waals surface area (Å²) >= 11 is 0. The summed E-state index contributed by atoms with van der Waals surface area (Å²) in [6, 6.07) is 0. The van der Waals surface area contributed by atoms with Crippen molar-refractivity contribution in [3.8, 4) is 0 Å². The molecule has 2 N–H and O–H groups in total. The van der Waals surface area contributed by atoms with Crippen molar-refractivity contribution in [2.45, 2.75) is 33.1 Å². The number of aliphatic hydroxyl groups is 1. The van der Waals surface area contributed by atoms with Crippen LogP contribution in [0.3, 0.4) is 0 Å². The van der Waals surface area contributed by atoms with Crippen LogP contribution in [0, 0.1) is 5.41 Å². The van der Waals surface area contributed by atoms with Gasteiger partial charge in [0.15, 0.2) is 0 Å². The van der Waals surface area contributed by atoms with Gasteiger partial charge < -0.3 is 10.4 Å². The van der Waals surface area contributed by atoms with Gasteiger partial charge in [-0.05, 0) is 19.3 Å². The Hall–Kier alpha value is -0.570. The monoisotopic (exact) mass is 173 g/mol. The summed E-state index contributed by atoms with van der Waals surface area (Å²) in [6.07, 6.45) is 2.12. The van der Waals surface area contributed by atoms with Crippen LogP contribution in [0.2, 0.25) is 0 Å². The number of aliphatic hydroxyl groups excluding tert-OH is 1. The van der Waals surface area contributed by atoms with Gasteiger partial charge in [0.25, 0.3) is 0 Å². The van der Waals surface area contributed by atoms with Crippen molar-refractivity contribution in [3.63, 3.8) is 0 Å². The smallest absolute Gasteiger partial charge is 0.226 e. The zero-order valence-electron chi connectivity index (χ0n) is 8.18.